The molecule has 4 aliphatic heterocycles. The lowest BCUT2D eigenvalue weighted by atomic mass is 10.0. The summed E-state index contributed by atoms with van der Waals surface area (Å²) < 4.78 is 0. The van der Waals surface area contributed by atoms with Crippen LogP contribution in [0.25, 0.3) is 0 Å². The Labute approximate surface area is 503 Å². The molecule has 17 heteroatoms. The van der Waals surface area contributed by atoms with Gasteiger partial charge in [-0.1, -0.05) is 248 Å². The number of rotatable bonds is 13. The lowest BCUT2D eigenvalue weighted by Crippen LogP contribution is -2.50. The second kappa shape index (κ2) is 26.8. The van der Waals surface area contributed by atoms with E-state index in [1.807, 2.05) is 129 Å². The number of amides is 4. The fourth-order valence-electron chi connectivity index (χ4n) is 10.6. The molecule has 4 heterocycles. The van der Waals surface area contributed by atoms with E-state index in [0.29, 0.717) is 59.8 Å². The summed E-state index contributed by atoms with van der Waals surface area (Å²) >= 11 is 30.5. The van der Waals surface area contributed by atoms with E-state index in [4.69, 9.17) is 58.0 Å². The van der Waals surface area contributed by atoms with Gasteiger partial charge in [-0.05, 0) is 54.9 Å². The molecule has 11 rings (SSSR count). The average Bonchev–Trinajstić information content (AvgIpc) is 4.36. The number of halogens is 5. The van der Waals surface area contributed by atoms with Gasteiger partial charge in [-0.2, -0.15) is 0 Å². The Bertz CT molecular complexity index is 3330. The summed E-state index contributed by atoms with van der Waals surface area (Å²) in [4.78, 5) is 54.3. The van der Waals surface area contributed by atoms with Crippen LogP contribution in [0.1, 0.15) is 72.9 Å². The molecular formula is C65H63Cl5N4O8. The van der Waals surface area contributed by atoms with Crippen LogP contribution in [0, 0.1) is 5.92 Å². The van der Waals surface area contributed by atoms with Gasteiger partial charge in [0.15, 0.2) is 0 Å². The zero-order chi connectivity index (χ0) is 58.8. The molecule has 0 aromatic heterocycles. The molecule has 6 aromatic rings. The third-order valence-corrected chi connectivity index (χ3v) is 16.6. The van der Waals surface area contributed by atoms with Gasteiger partial charge in [-0.25, -0.2) is 0 Å². The monoisotopic (exact) mass is 1200 g/mol. The molecule has 4 atom stereocenters. The van der Waals surface area contributed by atoms with Crippen molar-refractivity contribution in [2.24, 2.45) is 5.92 Å². The predicted octanol–water partition coefficient (Wildman–Crippen LogP) is 11.9. The molecule has 1 aliphatic carbocycles. The summed E-state index contributed by atoms with van der Waals surface area (Å²) in [6.45, 7) is 5.18. The maximum absolute atomic E-state index is 12.2. The first kappa shape index (κ1) is 61.5. The second-order valence-electron chi connectivity index (χ2n) is 20.7. The van der Waals surface area contributed by atoms with Crippen molar-refractivity contribution in [1.82, 2.24) is 19.6 Å². The molecule has 4 amide bonds. The molecule has 0 bridgehead atoms. The summed E-state index contributed by atoms with van der Waals surface area (Å²) in [6.07, 6.45) is 10.5. The lowest BCUT2D eigenvalue weighted by molar-refractivity contribution is -0.149. The van der Waals surface area contributed by atoms with Gasteiger partial charge >= 0.3 is 0 Å². The zero-order valence-corrected chi connectivity index (χ0v) is 49.0. The summed E-state index contributed by atoms with van der Waals surface area (Å²) in [5.41, 5.74) is -1.68. The van der Waals surface area contributed by atoms with Gasteiger partial charge < -0.3 is 35.1 Å². The number of hydrogen-bond acceptors (Lipinski definition) is 8. The molecule has 0 radical (unpaired) electrons. The van der Waals surface area contributed by atoms with Crippen LogP contribution in [0.4, 0.5) is 0 Å². The van der Waals surface area contributed by atoms with Gasteiger partial charge in [0.1, 0.15) is 0 Å². The highest BCUT2D eigenvalue weighted by molar-refractivity contribution is 6.34. The fourth-order valence-corrected chi connectivity index (χ4v) is 12.0. The van der Waals surface area contributed by atoms with Crippen LogP contribution in [-0.2, 0) is 54.9 Å². The topological polar surface area (TPSA) is 162 Å². The minimum Gasteiger partial charge on any atom is -0.362 e. The fraction of sp³-hybridized carbons (Fsp3) is 0.262. The van der Waals surface area contributed by atoms with E-state index >= 15 is 0 Å². The number of nitrogens with zero attached hydrogens (tertiary/aromatic N) is 4. The van der Waals surface area contributed by atoms with E-state index in [1.54, 1.807) is 65.6 Å². The van der Waals surface area contributed by atoms with Crippen molar-refractivity contribution in [3.63, 3.8) is 0 Å². The van der Waals surface area contributed by atoms with E-state index in [0.717, 1.165) is 36.8 Å². The van der Waals surface area contributed by atoms with Gasteiger partial charge in [0.05, 0.1) is 20.1 Å². The Hall–Kier alpha value is -6.55. The van der Waals surface area contributed by atoms with E-state index < -0.39 is 22.9 Å². The smallest absolute Gasteiger partial charge is 0.250 e. The molecule has 0 spiro atoms. The molecule has 4 N–H and O–H groups in total. The molecule has 12 nitrogen and oxygen atoms in total. The largest absolute Gasteiger partial charge is 0.362 e. The summed E-state index contributed by atoms with van der Waals surface area (Å²) in [5.74, 6) is -0.765. The highest BCUT2D eigenvalue weighted by atomic mass is 35.5. The Kier molecular flexibility index (Phi) is 20.1. The number of carbonyl (C=O) groups excluding carboxylic acids is 4. The SMILES string of the molecule is CC(C)CN1C(=O)C=C(Cl)C1(O)c1ccccc1.O=C1C=C(Cl)C(O)(c2ccc(Cl)cc2)N1CCc1ccccc1.O=C1C=C(Cl)C(O)(c2ccccc2)N1C1CCCC1.O=C1C=C(Cl)C(O)(c2ccccc2)N1CCc1ccccc1. The first-order valence-corrected chi connectivity index (χ1v) is 28.8. The van der Waals surface area contributed by atoms with Crippen LogP contribution in [0.5, 0.6) is 0 Å². The first-order valence-electron chi connectivity index (χ1n) is 26.9. The van der Waals surface area contributed by atoms with E-state index in [2.05, 4.69) is 0 Å². The molecule has 5 aliphatic rings. The third-order valence-electron chi connectivity index (χ3n) is 14.8. The molecule has 4 unspecified atom stereocenters. The quantitative estimate of drug-likeness (QED) is 0.0888. The first-order chi connectivity index (χ1) is 39.2. The van der Waals surface area contributed by atoms with Crippen molar-refractivity contribution in [3.05, 3.63) is 259 Å². The predicted molar refractivity (Wildman–Crippen MR) is 321 cm³/mol. The van der Waals surface area contributed by atoms with Crippen molar-refractivity contribution in [3.8, 4) is 0 Å². The number of aliphatic hydroxyl groups is 4. The standard InChI is InChI=1S/C18H15Cl2NO2.C18H16ClNO2.C15H16ClNO2.C14H16ClNO2/c19-15-8-6-14(7-9-15)18(23)16(20)12-17(22)21(18)11-10-13-4-2-1-3-5-13;19-16-13-17(21)20(12-11-14-7-3-1-4-8-14)18(16,22)15-9-5-2-6-10-15;16-13-10-14(18)17(12-8-4-5-9-12)15(13,19)11-6-2-1-3-7-11;1-10(2)9-16-13(17)8-12(15)14(16,18)11-6-4-3-5-7-11/h1-9,12,23H,10-11H2;1-10,13,22H,11-12H2;1-3,6-7,10,12,19H,4-5,8-9H2;3-8,10,18H,9H2,1-2H3. The van der Waals surface area contributed by atoms with Crippen LogP contribution in [-0.4, -0.2) is 89.3 Å². The Morgan fingerprint density at radius 1 is 0.415 bits per heavy atom. The molecule has 6 aromatic carbocycles. The maximum atomic E-state index is 12.2. The van der Waals surface area contributed by atoms with E-state index in [1.165, 1.54) is 39.0 Å². The van der Waals surface area contributed by atoms with Crippen molar-refractivity contribution in [1.29, 1.82) is 0 Å². The molecular weight excluding hydrogens is 1140 g/mol. The highest BCUT2D eigenvalue weighted by Crippen LogP contribution is 2.46. The highest BCUT2D eigenvalue weighted by Gasteiger charge is 2.52. The van der Waals surface area contributed by atoms with Crippen LogP contribution in [0.15, 0.2) is 220 Å². The van der Waals surface area contributed by atoms with E-state index in [9.17, 15) is 39.6 Å². The second-order valence-corrected chi connectivity index (χ2v) is 22.8. The average molecular weight is 1210 g/mol. The maximum Gasteiger partial charge on any atom is 0.250 e. The van der Waals surface area contributed by atoms with Crippen molar-refractivity contribution in [2.75, 3.05) is 19.6 Å². The summed E-state index contributed by atoms with van der Waals surface area (Å²) in [6, 6.07) is 53.6. The third kappa shape index (κ3) is 13.0. The van der Waals surface area contributed by atoms with Gasteiger partial charge in [-0.3, -0.25) is 24.1 Å². The molecule has 0 saturated heterocycles. The van der Waals surface area contributed by atoms with Gasteiger partial charge in [0, 0.05) is 77.3 Å². The minimum absolute atomic E-state index is 0.0743. The molecule has 426 valence electrons. The molecule has 1 fully saturated rings. The van der Waals surface area contributed by atoms with Crippen LogP contribution >= 0.6 is 58.0 Å². The normalized spacial score (nSPS) is 23.2. The minimum atomic E-state index is -1.64. The molecule has 82 heavy (non-hydrogen) atoms. The summed E-state index contributed by atoms with van der Waals surface area (Å²) in [5, 5.41) is 45.1. The van der Waals surface area contributed by atoms with Crippen LogP contribution in [0.2, 0.25) is 5.02 Å². The lowest BCUT2D eigenvalue weighted by Gasteiger charge is -2.39. The number of carbonyl (C=O) groups is 4. The van der Waals surface area contributed by atoms with Gasteiger partial charge in [-0.15, -0.1) is 0 Å². The Morgan fingerprint density at radius 2 is 0.720 bits per heavy atom. The molecule has 1 saturated carbocycles. The Morgan fingerprint density at radius 3 is 1.10 bits per heavy atom. The van der Waals surface area contributed by atoms with Crippen LogP contribution in [0.3, 0.4) is 0 Å². The van der Waals surface area contributed by atoms with Crippen molar-refractivity contribution >= 4 is 81.6 Å². The van der Waals surface area contributed by atoms with Gasteiger partial charge in [0.25, 0.3) is 23.6 Å². The number of hydrogen-bond donors (Lipinski definition) is 4. The van der Waals surface area contributed by atoms with Crippen molar-refractivity contribution in [2.45, 2.75) is 81.3 Å². The van der Waals surface area contributed by atoms with E-state index in [-0.39, 0.29) is 55.7 Å². The Balaban J connectivity index is 0.000000144. The van der Waals surface area contributed by atoms with Crippen LogP contribution < -0.4 is 0 Å². The zero-order valence-electron chi connectivity index (χ0n) is 45.2. The summed E-state index contributed by atoms with van der Waals surface area (Å²) in [7, 11) is 0. The number of benzene rings is 6. The van der Waals surface area contributed by atoms with Gasteiger partial charge in [0.2, 0.25) is 22.9 Å². The van der Waals surface area contributed by atoms with Crippen molar-refractivity contribution < 1.29 is 39.6 Å².